The number of nitrogens with one attached hydrogen (secondary N) is 1. The van der Waals surface area contributed by atoms with Gasteiger partial charge < -0.3 is 24.4 Å². The van der Waals surface area contributed by atoms with Crippen LogP contribution >= 0.6 is 0 Å². The van der Waals surface area contributed by atoms with Gasteiger partial charge in [0.2, 0.25) is 0 Å². The van der Waals surface area contributed by atoms with E-state index in [1.54, 1.807) is 13.3 Å². The molecule has 0 unspecified atom stereocenters. The number of amides is 1. The number of ether oxygens (including phenoxy) is 3. The van der Waals surface area contributed by atoms with Gasteiger partial charge in [0.25, 0.3) is 5.91 Å². The van der Waals surface area contributed by atoms with E-state index in [1.807, 2.05) is 17.9 Å². The van der Waals surface area contributed by atoms with Gasteiger partial charge in [-0.25, -0.2) is 0 Å². The molecule has 7 heteroatoms. The number of nitrogens with zero attached hydrogens (tertiary/aromatic N) is 2. The maximum atomic E-state index is 13.3. The summed E-state index contributed by atoms with van der Waals surface area (Å²) >= 11 is 0. The molecule has 0 saturated carbocycles. The monoisotopic (exact) mass is 495 g/mol. The van der Waals surface area contributed by atoms with Gasteiger partial charge in [0.1, 0.15) is 18.1 Å². The normalized spacial score (nSPS) is 21.4. The van der Waals surface area contributed by atoms with Crippen LogP contribution in [0.1, 0.15) is 67.2 Å². The molecule has 1 N–H and O–H groups in total. The molecule has 3 heterocycles. The van der Waals surface area contributed by atoms with Gasteiger partial charge >= 0.3 is 0 Å². The molecular weight excluding hydrogens is 454 g/mol. The number of benzene rings is 1. The van der Waals surface area contributed by atoms with Crippen LogP contribution in [0.3, 0.4) is 0 Å². The Kier molecular flexibility index (Phi) is 8.65. The van der Waals surface area contributed by atoms with E-state index in [-0.39, 0.29) is 17.4 Å². The number of aromatic nitrogens is 1. The molecule has 0 radical (unpaired) electrons. The van der Waals surface area contributed by atoms with Gasteiger partial charge in [0.15, 0.2) is 0 Å². The van der Waals surface area contributed by atoms with Gasteiger partial charge in [-0.05, 0) is 48.8 Å². The molecule has 2 aliphatic rings. The van der Waals surface area contributed by atoms with Crippen molar-refractivity contribution in [2.24, 2.45) is 0 Å². The number of pyridine rings is 1. The number of carbonyl (C=O) groups is 1. The molecular formula is C29H41N3O4. The molecule has 1 amide bonds. The fraction of sp³-hybridized carbons (Fsp3) is 0.586. The van der Waals surface area contributed by atoms with Crippen molar-refractivity contribution >= 4 is 5.91 Å². The molecule has 4 rings (SSSR count). The first-order valence-electron chi connectivity index (χ1n) is 13.1. The fourth-order valence-corrected chi connectivity index (χ4v) is 4.99. The third kappa shape index (κ3) is 6.44. The lowest BCUT2D eigenvalue weighted by Crippen LogP contribution is -2.54. The zero-order valence-electron chi connectivity index (χ0n) is 22.4. The Hall–Kier alpha value is -2.48. The number of hydrogen-bond donors (Lipinski definition) is 1. The van der Waals surface area contributed by atoms with Crippen molar-refractivity contribution in [2.75, 3.05) is 33.4 Å². The first-order valence-corrected chi connectivity index (χ1v) is 13.1. The Morgan fingerprint density at radius 1 is 1.14 bits per heavy atom. The second-order valence-corrected chi connectivity index (χ2v) is 11.0. The number of piperidine rings is 1. The number of methoxy groups -OCH3 is 1. The Labute approximate surface area is 215 Å². The standard InChI is InChI=1S/C29H41N3O4/c1-20-25(36-18-21-6-8-22(9-7-21)29(2,3)4)10-14-30-27(20)28(33)32-15-11-23(12-16-32)31-24-13-17-35-19-26(24)34-5/h6-10,14,23-24,26,31H,11-13,15-19H2,1-5H3/t24-,26+/m0/s1. The summed E-state index contributed by atoms with van der Waals surface area (Å²) in [6, 6.07) is 11.0. The topological polar surface area (TPSA) is 72.9 Å². The van der Waals surface area contributed by atoms with Gasteiger partial charge in [-0.2, -0.15) is 0 Å². The van der Waals surface area contributed by atoms with Crippen LogP contribution in [0.15, 0.2) is 36.5 Å². The number of hydrogen-bond acceptors (Lipinski definition) is 6. The highest BCUT2D eigenvalue weighted by molar-refractivity contribution is 5.94. The van der Waals surface area contributed by atoms with Crippen LogP contribution in [0.2, 0.25) is 0 Å². The van der Waals surface area contributed by atoms with Crippen molar-refractivity contribution in [3.05, 3.63) is 58.9 Å². The van der Waals surface area contributed by atoms with E-state index in [1.165, 1.54) is 5.56 Å². The van der Waals surface area contributed by atoms with Crippen LogP contribution in [0.4, 0.5) is 0 Å². The SMILES string of the molecule is CO[C@@H]1COCC[C@@H]1NC1CCN(C(=O)c2nccc(OCc3ccc(C(C)(C)C)cc3)c2C)CC1. The summed E-state index contributed by atoms with van der Waals surface area (Å²) in [5.41, 5.74) is 3.79. The third-order valence-corrected chi connectivity index (χ3v) is 7.41. The molecule has 0 aliphatic carbocycles. The molecule has 1 aromatic heterocycles. The van der Waals surface area contributed by atoms with E-state index in [0.29, 0.717) is 49.8 Å². The summed E-state index contributed by atoms with van der Waals surface area (Å²) in [5.74, 6) is 0.682. The van der Waals surface area contributed by atoms with Gasteiger partial charge in [0.05, 0.1) is 12.7 Å². The van der Waals surface area contributed by atoms with Gasteiger partial charge in [-0.3, -0.25) is 9.78 Å². The van der Waals surface area contributed by atoms with Crippen molar-refractivity contribution in [1.82, 2.24) is 15.2 Å². The molecule has 2 saturated heterocycles. The largest absolute Gasteiger partial charge is 0.488 e. The molecule has 2 fully saturated rings. The zero-order valence-corrected chi connectivity index (χ0v) is 22.4. The van der Waals surface area contributed by atoms with Gasteiger partial charge in [-0.1, -0.05) is 45.0 Å². The summed E-state index contributed by atoms with van der Waals surface area (Å²) < 4.78 is 17.2. The van der Waals surface area contributed by atoms with Crippen molar-refractivity contribution in [1.29, 1.82) is 0 Å². The quantitative estimate of drug-likeness (QED) is 0.619. The summed E-state index contributed by atoms with van der Waals surface area (Å²) in [5, 5.41) is 3.74. The van der Waals surface area contributed by atoms with Crippen LogP contribution in [0.25, 0.3) is 0 Å². The maximum absolute atomic E-state index is 13.3. The molecule has 196 valence electrons. The van der Waals surface area contributed by atoms with Crippen LogP contribution in [0, 0.1) is 6.92 Å². The van der Waals surface area contributed by atoms with Crippen molar-refractivity contribution in [3.8, 4) is 5.75 Å². The number of rotatable bonds is 7. The molecule has 2 aromatic rings. The average Bonchev–Trinajstić information content (AvgIpc) is 2.88. The molecule has 0 spiro atoms. The summed E-state index contributed by atoms with van der Waals surface area (Å²) in [6.07, 6.45) is 4.54. The third-order valence-electron chi connectivity index (χ3n) is 7.41. The first kappa shape index (κ1) is 26.6. The predicted molar refractivity (Wildman–Crippen MR) is 141 cm³/mol. The van der Waals surface area contributed by atoms with E-state index in [9.17, 15) is 4.79 Å². The van der Waals surface area contributed by atoms with Crippen molar-refractivity contribution in [2.45, 2.75) is 77.2 Å². The van der Waals surface area contributed by atoms with E-state index < -0.39 is 0 Å². The number of carbonyl (C=O) groups excluding carboxylic acids is 1. The van der Waals surface area contributed by atoms with Crippen LogP contribution < -0.4 is 10.1 Å². The minimum absolute atomic E-state index is 0.0215. The van der Waals surface area contributed by atoms with Crippen molar-refractivity contribution in [3.63, 3.8) is 0 Å². The maximum Gasteiger partial charge on any atom is 0.272 e. The molecule has 2 atom stereocenters. The second-order valence-electron chi connectivity index (χ2n) is 11.0. The minimum Gasteiger partial charge on any atom is -0.488 e. The summed E-state index contributed by atoms with van der Waals surface area (Å²) in [4.78, 5) is 19.7. The first-order chi connectivity index (χ1) is 17.3. The zero-order chi connectivity index (χ0) is 25.7. The van der Waals surface area contributed by atoms with E-state index in [0.717, 1.165) is 37.0 Å². The van der Waals surface area contributed by atoms with Crippen LogP contribution in [0.5, 0.6) is 5.75 Å². The Morgan fingerprint density at radius 3 is 2.53 bits per heavy atom. The Morgan fingerprint density at radius 2 is 1.86 bits per heavy atom. The summed E-state index contributed by atoms with van der Waals surface area (Å²) in [6.45, 7) is 11.8. The minimum atomic E-state index is -0.0215. The van der Waals surface area contributed by atoms with Crippen LogP contribution in [-0.4, -0.2) is 67.4 Å². The molecule has 2 aliphatic heterocycles. The van der Waals surface area contributed by atoms with Gasteiger partial charge in [0, 0.05) is 50.7 Å². The van der Waals surface area contributed by atoms with E-state index >= 15 is 0 Å². The molecule has 7 nitrogen and oxygen atoms in total. The summed E-state index contributed by atoms with van der Waals surface area (Å²) in [7, 11) is 1.74. The fourth-order valence-electron chi connectivity index (χ4n) is 4.99. The molecule has 0 bridgehead atoms. The Balaban J connectivity index is 1.32. The lowest BCUT2D eigenvalue weighted by atomic mass is 9.87. The van der Waals surface area contributed by atoms with E-state index in [2.05, 4.69) is 55.3 Å². The van der Waals surface area contributed by atoms with Gasteiger partial charge in [-0.15, -0.1) is 0 Å². The highest BCUT2D eigenvalue weighted by atomic mass is 16.5. The van der Waals surface area contributed by atoms with Crippen molar-refractivity contribution < 1.29 is 19.0 Å². The van der Waals surface area contributed by atoms with E-state index in [4.69, 9.17) is 14.2 Å². The Bertz CT molecular complexity index is 1010. The lowest BCUT2D eigenvalue weighted by molar-refractivity contribution is -0.0533. The highest BCUT2D eigenvalue weighted by Crippen LogP contribution is 2.25. The second kappa shape index (κ2) is 11.7. The molecule has 36 heavy (non-hydrogen) atoms. The average molecular weight is 496 g/mol. The van der Waals surface area contributed by atoms with Crippen LogP contribution in [-0.2, 0) is 21.5 Å². The molecule has 1 aromatic carbocycles. The highest BCUT2D eigenvalue weighted by Gasteiger charge is 2.31. The number of likely N-dealkylation sites (tertiary alicyclic amines) is 1. The smallest absolute Gasteiger partial charge is 0.272 e. The predicted octanol–water partition coefficient (Wildman–Crippen LogP) is 4.26. The lowest BCUT2D eigenvalue weighted by Gasteiger charge is -2.38.